The summed E-state index contributed by atoms with van der Waals surface area (Å²) in [6.07, 6.45) is 4.88. The topological polar surface area (TPSA) is 105 Å². The lowest BCUT2D eigenvalue weighted by molar-refractivity contribution is -0.131. The molecule has 0 N–H and O–H groups in total. The van der Waals surface area contributed by atoms with E-state index in [2.05, 4.69) is 50.6 Å². The summed E-state index contributed by atoms with van der Waals surface area (Å²) >= 11 is 0. The Kier molecular flexibility index (Phi) is 17.0. The summed E-state index contributed by atoms with van der Waals surface area (Å²) in [5.41, 5.74) is 9.12. The number of benzene rings is 4. The Morgan fingerprint density at radius 3 is 0.803 bits per heavy atom. The maximum absolute atomic E-state index is 12.5. The SMILES string of the molecule is C=C(C)C(=O)Oc1ccc(C(CCCC(c2ccc(OC(=O)C(=C)C)c(CC)c2)c2ccc(OC(=O)C(=C)C)c(CC)c2)c2ccc(OC(=O)C(=C)C)c(CC)c2)cc1CC. The minimum absolute atomic E-state index is 0.0710. The van der Waals surface area contributed by atoms with Crippen LogP contribution < -0.4 is 18.9 Å². The van der Waals surface area contributed by atoms with E-state index >= 15 is 0 Å². The zero-order valence-corrected chi connectivity index (χ0v) is 37.1. The van der Waals surface area contributed by atoms with Gasteiger partial charge in [0.05, 0.1) is 0 Å². The van der Waals surface area contributed by atoms with E-state index in [1.165, 1.54) is 0 Å². The molecule has 0 amide bonds. The number of ether oxygens (including phenoxy) is 4. The van der Waals surface area contributed by atoms with Gasteiger partial charge in [0.2, 0.25) is 0 Å². The Morgan fingerprint density at radius 2 is 0.623 bits per heavy atom. The van der Waals surface area contributed by atoms with Crippen molar-refractivity contribution in [3.05, 3.63) is 166 Å². The van der Waals surface area contributed by atoms with Crippen LogP contribution in [-0.4, -0.2) is 23.9 Å². The number of carbonyl (C=O) groups is 4. The average Bonchev–Trinajstić information content (AvgIpc) is 3.24. The highest BCUT2D eigenvalue weighted by atomic mass is 16.5. The molecule has 0 unspecified atom stereocenters. The Bertz CT molecular complexity index is 2020. The molecule has 320 valence electrons. The molecule has 0 aromatic heterocycles. The third kappa shape index (κ3) is 12.4. The first-order chi connectivity index (χ1) is 29.0. The standard InChI is InChI=1S/C53H60O8/c1-13-36-28-40(20-24-46(36)58-50(54)32(5)6)44(41-21-25-47(37(14-2)29-41)59-51(55)33(7)8)18-17-19-45(42-22-26-48(38(15-3)30-42)60-52(56)34(9)10)43-23-27-49(39(16-4)31-43)61-53(57)35(11)12/h20-31,44-45H,5,7,9,11,13-19H2,1-4,6,8,10,12H3. The van der Waals surface area contributed by atoms with Gasteiger partial charge in [-0.25, -0.2) is 19.2 Å². The third-order valence-corrected chi connectivity index (χ3v) is 10.7. The molecule has 0 saturated heterocycles. The molecule has 0 spiro atoms. The zero-order chi connectivity index (χ0) is 45.0. The van der Waals surface area contributed by atoms with Crippen molar-refractivity contribution in [3.8, 4) is 23.0 Å². The first-order valence-corrected chi connectivity index (χ1v) is 21.0. The van der Waals surface area contributed by atoms with Crippen LogP contribution in [0.5, 0.6) is 23.0 Å². The second kappa shape index (κ2) is 21.8. The summed E-state index contributed by atoms with van der Waals surface area (Å²) < 4.78 is 22.9. The fourth-order valence-corrected chi connectivity index (χ4v) is 7.09. The molecule has 0 aliphatic heterocycles. The lowest BCUT2D eigenvalue weighted by atomic mass is 9.81. The molecule has 0 bridgehead atoms. The number of hydrogen-bond acceptors (Lipinski definition) is 8. The van der Waals surface area contributed by atoms with Gasteiger partial charge in [-0.3, -0.25) is 0 Å². The number of aryl methyl sites for hydroxylation is 4. The van der Waals surface area contributed by atoms with Gasteiger partial charge < -0.3 is 18.9 Å². The predicted molar refractivity (Wildman–Crippen MR) is 243 cm³/mol. The fourth-order valence-electron chi connectivity index (χ4n) is 7.09. The summed E-state index contributed by atoms with van der Waals surface area (Å²) in [6.45, 7) is 29.6. The number of hydrogen-bond donors (Lipinski definition) is 0. The molecule has 0 atom stereocenters. The quantitative estimate of drug-likeness (QED) is 0.0493. The molecule has 61 heavy (non-hydrogen) atoms. The van der Waals surface area contributed by atoms with E-state index in [4.69, 9.17) is 18.9 Å². The smallest absolute Gasteiger partial charge is 0.338 e. The Labute approximate surface area is 362 Å². The van der Waals surface area contributed by atoms with Crippen molar-refractivity contribution >= 4 is 23.9 Å². The highest BCUT2D eigenvalue weighted by Crippen LogP contribution is 2.40. The summed E-state index contributed by atoms with van der Waals surface area (Å²) in [5.74, 6) is -0.0250. The highest BCUT2D eigenvalue weighted by molar-refractivity contribution is 5.90. The monoisotopic (exact) mass is 824 g/mol. The van der Waals surface area contributed by atoms with Crippen LogP contribution in [0.15, 0.2) is 121 Å². The van der Waals surface area contributed by atoms with E-state index in [1.807, 2.05) is 76.2 Å². The predicted octanol–water partition coefficient (Wildman–Crippen LogP) is 12.0. The molecular weight excluding hydrogens is 765 g/mol. The minimum Gasteiger partial charge on any atom is -0.423 e. The van der Waals surface area contributed by atoms with Gasteiger partial charge in [-0.2, -0.15) is 0 Å². The van der Waals surface area contributed by atoms with Crippen molar-refractivity contribution in [1.82, 2.24) is 0 Å². The minimum atomic E-state index is -0.473. The van der Waals surface area contributed by atoms with Crippen LogP contribution in [0.3, 0.4) is 0 Å². The molecule has 4 aromatic carbocycles. The largest absolute Gasteiger partial charge is 0.423 e. The van der Waals surface area contributed by atoms with Crippen molar-refractivity contribution < 1.29 is 38.1 Å². The Balaban J connectivity index is 1.81. The van der Waals surface area contributed by atoms with Gasteiger partial charge in [0, 0.05) is 34.1 Å². The molecule has 4 rings (SSSR count). The van der Waals surface area contributed by atoms with Crippen molar-refractivity contribution in [3.63, 3.8) is 0 Å². The van der Waals surface area contributed by atoms with Crippen molar-refractivity contribution in [1.29, 1.82) is 0 Å². The van der Waals surface area contributed by atoms with Crippen LogP contribution in [0.2, 0.25) is 0 Å². The van der Waals surface area contributed by atoms with Crippen molar-refractivity contribution in [2.75, 3.05) is 0 Å². The summed E-state index contributed by atoms with van der Waals surface area (Å²) in [7, 11) is 0. The lowest BCUT2D eigenvalue weighted by Gasteiger charge is -2.24. The maximum atomic E-state index is 12.5. The Morgan fingerprint density at radius 1 is 0.410 bits per heavy atom. The van der Waals surface area contributed by atoms with E-state index in [9.17, 15) is 19.2 Å². The molecule has 0 radical (unpaired) electrons. The van der Waals surface area contributed by atoms with Crippen LogP contribution in [0.1, 0.15) is 131 Å². The van der Waals surface area contributed by atoms with Crippen LogP contribution >= 0.6 is 0 Å². The molecule has 0 heterocycles. The maximum Gasteiger partial charge on any atom is 0.338 e. The second-order valence-corrected chi connectivity index (χ2v) is 15.6. The van der Waals surface area contributed by atoms with Gasteiger partial charge in [0.15, 0.2) is 0 Å². The van der Waals surface area contributed by atoms with Crippen LogP contribution in [0.4, 0.5) is 0 Å². The third-order valence-electron chi connectivity index (χ3n) is 10.7. The molecular formula is C53H60O8. The summed E-state index contributed by atoms with van der Waals surface area (Å²) in [6, 6.07) is 23.9. The Hall–Kier alpha value is -6.28. The molecule has 4 aromatic rings. The van der Waals surface area contributed by atoms with E-state index in [1.54, 1.807) is 27.7 Å². The second-order valence-electron chi connectivity index (χ2n) is 15.6. The molecule has 0 fully saturated rings. The van der Waals surface area contributed by atoms with E-state index in [0.29, 0.717) is 71.0 Å². The van der Waals surface area contributed by atoms with Crippen molar-refractivity contribution in [2.24, 2.45) is 0 Å². The number of carbonyl (C=O) groups excluding carboxylic acids is 4. The van der Waals surface area contributed by atoms with Gasteiger partial charge in [0.1, 0.15) is 23.0 Å². The van der Waals surface area contributed by atoms with Crippen LogP contribution in [-0.2, 0) is 44.9 Å². The zero-order valence-electron chi connectivity index (χ0n) is 37.1. The fraction of sp³-hybridized carbons (Fsp3) is 0.321. The van der Waals surface area contributed by atoms with Crippen LogP contribution in [0, 0.1) is 0 Å². The molecule has 0 aliphatic rings. The average molecular weight is 825 g/mol. The van der Waals surface area contributed by atoms with E-state index < -0.39 is 23.9 Å². The van der Waals surface area contributed by atoms with Crippen molar-refractivity contribution in [2.45, 2.75) is 112 Å². The molecule has 8 nitrogen and oxygen atoms in total. The molecule has 0 saturated carbocycles. The lowest BCUT2D eigenvalue weighted by Crippen LogP contribution is -2.12. The first-order valence-electron chi connectivity index (χ1n) is 21.0. The van der Waals surface area contributed by atoms with E-state index in [0.717, 1.165) is 63.8 Å². The van der Waals surface area contributed by atoms with Gasteiger partial charge in [0.25, 0.3) is 0 Å². The van der Waals surface area contributed by atoms with Crippen LogP contribution in [0.25, 0.3) is 0 Å². The number of esters is 4. The highest BCUT2D eigenvalue weighted by Gasteiger charge is 2.24. The first kappa shape index (κ1) is 47.4. The molecule has 8 heteroatoms. The van der Waals surface area contributed by atoms with E-state index in [-0.39, 0.29) is 11.8 Å². The van der Waals surface area contributed by atoms with Gasteiger partial charge in [-0.1, -0.05) is 109 Å². The number of rotatable bonds is 20. The van der Waals surface area contributed by atoms with Gasteiger partial charge in [-0.15, -0.1) is 0 Å². The van der Waals surface area contributed by atoms with Gasteiger partial charge in [-0.05, 0) is 135 Å². The summed E-state index contributed by atoms with van der Waals surface area (Å²) in [5, 5.41) is 0. The normalized spacial score (nSPS) is 10.9. The molecule has 0 aliphatic carbocycles. The van der Waals surface area contributed by atoms with Gasteiger partial charge >= 0.3 is 23.9 Å². The summed E-state index contributed by atoms with van der Waals surface area (Å²) in [4.78, 5) is 50.1.